The van der Waals surface area contributed by atoms with Crippen molar-refractivity contribution < 1.29 is 14.0 Å². The zero-order valence-electron chi connectivity index (χ0n) is 18.4. The number of hydrogen-bond acceptors (Lipinski definition) is 3. The van der Waals surface area contributed by atoms with Gasteiger partial charge in [0.2, 0.25) is 5.91 Å². The number of aromatic nitrogens is 2. The number of likely N-dealkylation sites (N-methyl/N-ethyl adjacent to an activating group) is 1. The maximum atomic E-state index is 13.1. The number of benzene rings is 2. The molecule has 0 bridgehead atoms. The molecule has 2 aromatic carbocycles. The van der Waals surface area contributed by atoms with E-state index in [9.17, 15) is 14.0 Å². The highest BCUT2D eigenvalue weighted by Crippen LogP contribution is 2.23. The summed E-state index contributed by atoms with van der Waals surface area (Å²) in [4.78, 5) is 32.0. The predicted octanol–water partition coefficient (Wildman–Crippen LogP) is 3.94. The number of hydrogen-bond donors (Lipinski definition) is 1. The number of para-hydroxylation sites is 2. The van der Waals surface area contributed by atoms with E-state index in [1.807, 2.05) is 40.8 Å². The van der Waals surface area contributed by atoms with Gasteiger partial charge in [-0.2, -0.15) is 0 Å². The Morgan fingerprint density at radius 1 is 1.09 bits per heavy atom. The molecule has 1 fully saturated rings. The zero-order valence-corrected chi connectivity index (χ0v) is 18.4. The Kier molecular flexibility index (Phi) is 6.83. The van der Waals surface area contributed by atoms with Crippen molar-refractivity contribution in [1.82, 2.24) is 19.8 Å². The number of imidazole rings is 1. The first-order valence-corrected chi connectivity index (χ1v) is 11.3. The van der Waals surface area contributed by atoms with Crippen LogP contribution in [-0.4, -0.2) is 45.9 Å². The first-order chi connectivity index (χ1) is 15.5. The first-order valence-electron chi connectivity index (χ1n) is 11.3. The molecular weight excluding hydrogens is 407 g/mol. The molecule has 1 heterocycles. The molecule has 0 spiro atoms. The summed E-state index contributed by atoms with van der Waals surface area (Å²) in [5.41, 5.74) is 2.16. The molecule has 1 aromatic heterocycles. The van der Waals surface area contributed by atoms with Crippen molar-refractivity contribution in [3.05, 3.63) is 65.7 Å². The van der Waals surface area contributed by atoms with Crippen molar-refractivity contribution in [2.24, 2.45) is 0 Å². The third-order valence-corrected chi connectivity index (χ3v) is 6.28. The topological polar surface area (TPSA) is 67.2 Å². The normalized spacial score (nSPS) is 14.4. The van der Waals surface area contributed by atoms with Crippen molar-refractivity contribution in [2.75, 3.05) is 13.6 Å². The minimum absolute atomic E-state index is 0.0802. The number of carbonyl (C=O) groups is 2. The molecule has 0 unspecified atom stereocenters. The number of amides is 2. The minimum Gasteiger partial charge on any atom is -0.352 e. The van der Waals surface area contributed by atoms with Crippen LogP contribution in [0, 0.1) is 5.82 Å². The summed E-state index contributed by atoms with van der Waals surface area (Å²) in [5.74, 6) is 0.201. The number of nitrogens with zero attached hydrogens (tertiary/aromatic N) is 3. The predicted molar refractivity (Wildman–Crippen MR) is 122 cm³/mol. The second-order valence-electron chi connectivity index (χ2n) is 8.41. The van der Waals surface area contributed by atoms with Crippen LogP contribution >= 0.6 is 0 Å². The highest BCUT2D eigenvalue weighted by Gasteiger charge is 2.23. The summed E-state index contributed by atoms with van der Waals surface area (Å²) in [6.07, 6.45) is 6.22. The van der Waals surface area contributed by atoms with E-state index in [4.69, 9.17) is 4.98 Å². The molecule has 0 saturated heterocycles. The van der Waals surface area contributed by atoms with E-state index in [2.05, 4.69) is 5.32 Å². The Labute approximate surface area is 187 Å². The van der Waals surface area contributed by atoms with Gasteiger partial charge in [-0.1, -0.05) is 31.4 Å². The van der Waals surface area contributed by atoms with Crippen molar-refractivity contribution in [3.8, 4) is 0 Å². The van der Waals surface area contributed by atoms with Crippen molar-refractivity contribution in [1.29, 1.82) is 0 Å². The number of fused-ring (bicyclic) bond motifs is 1. The van der Waals surface area contributed by atoms with Crippen LogP contribution in [0.1, 0.15) is 48.3 Å². The lowest BCUT2D eigenvalue weighted by molar-refractivity contribution is -0.133. The Morgan fingerprint density at radius 3 is 2.56 bits per heavy atom. The van der Waals surface area contributed by atoms with Crippen molar-refractivity contribution in [2.45, 2.75) is 51.1 Å². The summed E-state index contributed by atoms with van der Waals surface area (Å²) in [6.45, 7) is 0.598. The van der Waals surface area contributed by atoms with Gasteiger partial charge in [0.05, 0.1) is 11.0 Å². The van der Waals surface area contributed by atoms with Crippen LogP contribution in [0.5, 0.6) is 0 Å². The molecule has 0 radical (unpaired) electrons. The van der Waals surface area contributed by atoms with Gasteiger partial charge in [0.25, 0.3) is 5.91 Å². The number of rotatable bonds is 7. The average Bonchev–Trinajstić information content (AvgIpc) is 3.16. The van der Waals surface area contributed by atoms with E-state index >= 15 is 0 Å². The van der Waals surface area contributed by atoms with Crippen LogP contribution in [0.3, 0.4) is 0 Å². The third-order valence-electron chi connectivity index (χ3n) is 6.28. The molecule has 3 aromatic rings. The lowest BCUT2D eigenvalue weighted by atomic mass is 9.94. The van der Waals surface area contributed by atoms with Gasteiger partial charge < -0.3 is 14.8 Å². The van der Waals surface area contributed by atoms with E-state index in [0.29, 0.717) is 24.6 Å². The summed E-state index contributed by atoms with van der Waals surface area (Å²) < 4.78 is 15.0. The van der Waals surface area contributed by atoms with Gasteiger partial charge in [0.15, 0.2) is 0 Å². The molecule has 2 amide bonds. The monoisotopic (exact) mass is 436 g/mol. The molecule has 1 saturated carbocycles. The highest BCUT2D eigenvalue weighted by atomic mass is 19.1. The lowest BCUT2D eigenvalue weighted by Gasteiger charge is -2.31. The zero-order chi connectivity index (χ0) is 22.5. The van der Waals surface area contributed by atoms with Crippen molar-refractivity contribution >= 4 is 22.8 Å². The van der Waals surface area contributed by atoms with E-state index in [-0.39, 0.29) is 24.2 Å². The fraction of sp³-hybridized carbons (Fsp3) is 0.400. The standard InChI is InChI=1S/C25H29FN4O2/c1-29(20-7-3-2-4-8-20)24(31)17-30-22-10-6-5-9-21(22)28-23(30)15-16-27-25(32)18-11-13-19(26)14-12-18/h5-6,9-14,20H,2-4,7-8,15-17H2,1H3,(H,27,32). The highest BCUT2D eigenvalue weighted by molar-refractivity contribution is 5.94. The van der Waals surface area contributed by atoms with Crippen LogP contribution in [0.25, 0.3) is 11.0 Å². The second-order valence-corrected chi connectivity index (χ2v) is 8.41. The maximum Gasteiger partial charge on any atom is 0.251 e. The Hall–Kier alpha value is -3.22. The number of halogens is 1. The molecule has 6 nitrogen and oxygen atoms in total. The van der Waals surface area contributed by atoms with Crippen LogP contribution in [0.2, 0.25) is 0 Å². The SMILES string of the molecule is CN(C(=O)Cn1c(CCNC(=O)c2ccc(F)cc2)nc2ccccc21)C1CCCCC1. The molecule has 1 aliphatic rings. The van der Waals surface area contributed by atoms with Gasteiger partial charge in [0.1, 0.15) is 18.2 Å². The molecule has 32 heavy (non-hydrogen) atoms. The number of carbonyl (C=O) groups excluding carboxylic acids is 2. The molecule has 7 heteroatoms. The Morgan fingerprint density at radius 2 is 1.81 bits per heavy atom. The van der Waals surface area contributed by atoms with Crippen LogP contribution in [0.4, 0.5) is 4.39 Å². The Balaban J connectivity index is 1.45. The van der Waals surface area contributed by atoms with Gasteiger partial charge in [-0.25, -0.2) is 9.37 Å². The lowest BCUT2D eigenvalue weighted by Crippen LogP contribution is -2.40. The molecule has 1 aliphatic carbocycles. The second kappa shape index (κ2) is 9.94. The quantitative estimate of drug-likeness (QED) is 0.610. The molecule has 168 valence electrons. The van der Waals surface area contributed by atoms with Gasteiger partial charge in [-0.3, -0.25) is 9.59 Å². The van der Waals surface area contributed by atoms with E-state index in [1.54, 1.807) is 0 Å². The maximum absolute atomic E-state index is 13.1. The molecular formula is C25H29FN4O2. The van der Waals surface area contributed by atoms with E-state index in [0.717, 1.165) is 29.7 Å². The molecule has 1 N–H and O–H groups in total. The Bertz CT molecular complexity index is 1090. The third kappa shape index (κ3) is 4.98. The van der Waals surface area contributed by atoms with E-state index < -0.39 is 0 Å². The minimum atomic E-state index is -0.377. The fourth-order valence-electron chi connectivity index (χ4n) is 4.40. The molecule has 0 aliphatic heterocycles. The largest absolute Gasteiger partial charge is 0.352 e. The van der Waals surface area contributed by atoms with Crippen LogP contribution in [0.15, 0.2) is 48.5 Å². The van der Waals surface area contributed by atoms with Gasteiger partial charge in [0, 0.05) is 31.6 Å². The van der Waals surface area contributed by atoms with Gasteiger partial charge in [-0.05, 0) is 49.2 Å². The number of nitrogens with one attached hydrogen (secondary N) is 1. The van der Waals surface area contributed by atoms with Gasteiger partial charge >= 0.3 is 0 Å². The van der Waals surface area contributed by atoms with Crippen LogP contribution < -0.4 is 5.32 Å². The van der Waals surface area contributed by atoms with E-state index in [1.165, 1.54) is 43.5 Å². The van der Waals surface area contributed by atoms with Gasteiger partial charge in [-0.15, -0.1) is 0 Å². The summed E-state index contributed by atoms with van der Waals surface area (Å²) in [6, 6.07) is 13.5. The summed E-state index contributed by atoms with van der Waals surface area (Å²) >= 11 is 0. The fourth-order valence-corrected chi connectivity index (χ4v) is 4.40. The van der Waals surface area contributed by atoms with Crippen molar-refractivity contribution in [3.63, 3.8) is 0 Å². The van der Waals surface area contributed by atoms with Crippen LogP contribution in [-0.2, 0) is 17.8 Å². The smallest absolute Gasteiger partial charge is 0.251 e. The summed E-state index contributed by atoms with van der Waals surface area (Å²) in [7, 11) is 1.90. The average molecular weight is 437 g/mol. The molecule has 0 atom stereocenters. The first kappa shape index (κ1) is 22.0. The summed E-state index contributed by atoms with van der Waals surface area (Å²) in [5, 5.41) is 2.86. The molecule has 4 rings (SSSR count).